The third kappa shape index (κ3) is 2.42. The zero-order valence-corrected chi connectivity index (χ0v) is 12.0. The fourth-order valence-corrected chi connectivity index (χ4v) is 3.00. The Morgan fingerprint density at radius 3 is 2.43 bits per heavy atom. The number of ether oxygens (including phenoxy) is 2. The molecule has 21 heavy (non-hydrogen) atoms. The normalized spacial score (nSPS) is 20.7. The summed E-state index contributed by atoms with van der Waals surface area (Å²) in [4.78, 5) is 14.7. The molecule has 1 aliphatic heterocycles. The highest BCUT2D eigenvalue weighted by atomic mass is 19.1. The number of aliphatic imine (C=N–C) groups is 1. The Kier molecular flexibility index (Phi) is 3.68. The van der Waals surface area contributed by atoms with E-state index in [4.69, 9.17) is 9.47 Å². The average molecular weight is 291 g/mol. The standard InChI is InChI=1S/C16H18FNO3/c1-11(17)12-8-14-15(21-7-3-6-20-14)9-13(12)16(18-10-19)4-2-5-16/h8-9,11H,2-7H2,1H3. The minimum atomic E-state index is -1.16. The van der Waals surface area contributed by atoms with Crippen LogP contribution in [0.2, 0.25) is 0 Å². The van der Waals surface area contributed by atoms with Gasteiger partial charge in [-0.2, -0.15) is 4.99 Å². The number of halogens is 1. The van der Waals surface area contributed by atoms with Crippen molar-refractivity contribution in [3.05, 3.63) is 23.3 Å². The lowest BCUT2D eigenvalue weighted by Gasteiger charge is -2.39. The number of hydrogen-bond acceptors (Lipinski definition) is 4. The molecule has 5 heteroatoms. The molecule has 112 valence electrons. The number of isocyanates is 1. The van der Waals surface area contributed by atoms with E-state index >= 15 is 0 Å². The lowest BCUT2D eigenvalue weighted by Crippen LogP contribution is -2.33. The highest BCUT2D eigenvalue weighted by Gasteiger charge is 2.42. The molecule has 0 amide bonds. The molecule has 1 aromatic carbocycles. The summed E-state index contributed by atoms with van der Waals surface area (Å²) < 4.78 is 25.4. The van der Waals surface area contributed by atoms with Gasteiger partial charge in [0, 0.05) is 6.42 Å². The van der Waals surface area contributed by atoms with Crippen molar-refractivity contribution in [3.8, 4) is 11.5 Å². The molecule has 4 nitrogen and oxygen atoms in total. The van der Waals surface area contributed by atoms with E-state index in [1.165, 1.54) is 6.92 Å². The second-order valence-electron chi connectivity index (χ2n) is 5.64. The SMILES string of the molecule is CC(F)c1cc2c(cc1C1(N=C=O)CCC1)OCCCO2. The summed E-state index contributed by atoms with van der Waals surface area (Å²) in [7, 11) is 0. The predicted octanol–water partition coefficient (Wildman–Crippen LogP) is 3.59. The molecule has 2 aliphatic rings. The molecule has 0 saturated heterocycles. The highest BCUT2D eigenvalue weighted by Crippen LogP contribution is 2.50. The summed E-state index contributed by atoms with van der Waals surface area (Å²) in [5.74, 6) is 1.18. The van der Waals surface area contributed by atoms with E-state index in [0.717, 1.165) is 31.2 Å². The number of rotatable bonds is 3. The Morgan fingerprint density at radius 2 is 1.90 bits per heavy atom. The van der Waals surface area contributed by atoms with Gasteiger partial charge in [-0.15, -0.1) is 0 Å². The maximum Gasteiger partial charge on any atom is 0.235 e. The molecule has 1 aliphatic carbocycles. The van der Waals surface area contributed by atoms with E-state index in [1.54, 1.807) is 18.2 Å². The molecule has 3 rings (SSSR count). The lowest BCUT2D eigenvalue weighted by atomic mass is 9.70. The van der Waals surface area contributed by atoms with Gasteiger partial charge in [-0.3, -0.25) is 0 Å². The largest absolute Gasteiger partial charge is 0.490 e. The van der Waals surface area contributed by atoms with Gasteiger partial charge in [-0.05, 0) is 49.4 Å². The van der Waals surface area contributed by atoms with Gasteiger partial charge < -0.3 is 9.47 Å². The summed E-state index contributed by atoms with van der Waals surface area (Å²) in [6, 6.07) is 3.49. The van der Waals surface area contributed by atoms with Crippen LogP contribution in [0.4, 0.5) is 4.39 Å². The minimum absolute atomic E-state index is 0.526. The molecule has 1 unspecified atom stereocenters. The van der Waals surface area contributed by atoms with Gasteiger partial charge in [-0.1, -0.05) is 0 Å². The second-order valence-corrected chi connectivity index (χ2v) is 5.64. The van der Waals surface area contributed by atoms with Gasteiger partial charge in [0.15, 0.2) is 11.5 Å². The van der Waals surface area contributed by atoms with E-state index in [9.17, 15) is 9.18 Å². The number of benzene rings is 1. The first-order valence-corrected chi connectivity index (χ1v) is 7.33. The van der Waals surface area contributed by atoms with Crippen molar-refractivity contribution in [2.45, 2.75) is 44.3 Å². The molecule has 1 fully saturated rings. The second kappa shape index (κ2) is 5.49. The van der Waals surface area contributed by atoms with Crippen LogP contribution in [-0.4, -0.2) is 19.3 Å². The molecule has 1 saturated carbocycles. The van der Waals surface area contributed by atoms with Crippen molar-refractivity contribution in [2.24, 2.45) is 4.99 Å². The predicted molar refractivity (Wildman–Crippen MR) is 75.2 cm³/mol. The first-order chi connectivity index (χ1) is 10.2. The third-order valence-electron chi connectivity index (χ3n) is 4.29. The van der Waals surface area contributed by atoms with Crippen molar-refractivity contribution in [2.75, 3.05) is 13.2 Å². The van der Waals surface area contributed by atoms with Crippen LogP contribution in [0.1, 0.15) is 49.9 Å². The number of fused-ring (bicyclic) bond motifs is 1. The zero-order valence-electron chi connectivity index (χ0n) is 12.0. The average Bonchev–Trinajstić information content (AvgIpc) is 2.66. The molecule has 1 aromatic rings. The molecule has 0 spiro atoms. The smallest absolute Gasteiger partial charge is 0.235 e. The Hall–Kier alpha value is -1.87. The van der Waals surface area contributed by atoms with Crippen LogP contribution in [0.25, 0.3) is 0 Å². The van der Waals surface area contributed by atoms with Gasteiger partial charge in [0.1, 0.15) is 6.17 Å². The Balaban J connectivity index is 2.14. The van der Waals surface area contributed by atoms with E-state index in [-0.39, 0.29) is 0 Å². The Labute approximate surface area is 123 Å². The van der Waals surface area contributed by atoms with E-state index in [0.29, 0.717) is 30.3 Å². The fourth-order valence-electron chi connectivity index (χ4n) is 3.00. The van der Waals surface area contributed by atoms with Crippen LogP contribution in [-0.2, 0) is 10.3 Å². The van der Waals surface area contributed by atoms with E-state index in [1.807, 2.05) is 0 Å². The lowest BCUT2D eigenvalue weighted by molar-refractivity contribution is 0.245. The monoisotopic (exact) mass is 291 g/mol. The maximum absolute atomic E-state index is 14.1. The molecule has 0 N–H and O–H groups in total. The van der Waals surface area contributed by atoms with Crippen molar-refractivity contribution in [1.29, 1.82) is 0 Å². The Morgan fingerprint density at radius 1 is 1.24 bits per heavy atom. The first-order valence-electron chi connectivity index (χ1n) is 7.33. The van der Waals surface area contributed by atoms with E-state index in [2.05, 4.69) is 4.99 Å². The quantitative estimate of drug-likeness (QED) is 0.631. The highest BCUT2D eigenvalue weighted by molar-refractivity contribution is 5.53. The maximum atomic E-state index is 14.1. The minimum Gasteiger partial charge on any atom is -0.490 e. The summed E-state index contributed by atoms with van der Waals surface area (Å²) in [6.07, 6.45) is 3.73. The van der Waals surface area contributed by atoms with E-state index < -0.39 is 11.7 Å². The van der Waals surface area contributed by atoms with Gasteiger partial charge in [-0.25, -0.2) is 9.18 Å². The van der Waals surface area contributed by atoms with Crippen molar-refractivity contribution in [3.63, 3.8) is 0 Å². The third-order valence-corrected chi connectivity index (χ3v) is 4.29. The van der Waals surface area contributed by atoms with Crippen LogP contribution in [0.3, 0.4) is 0 Å². The molecule has 0 aromatic heterocycles. The van der Waals surface area contributed by atoms with Gasteiger partial charge >= 0.3 is 0 Å². The summed E-state index contributed by atoms with van der Waals surface area (Å²) in [5.41, 5.74) is 0.622. The number of carbonyl (C=O) groups excluding carboxylic acids is 1. The number of nitrogens with zero attached hydrogens (tertiary/aromatic N) is 1. The van der Waals surface area contributed by atoms with Gasteiger partial charge in [0.2, 0.25) is 6.08 Å². The topological polar surface area (TPSA) is 47.9 Å². The van der Waals surface area contributed by atoms with Gasteiger partial charge in [0.25, 0.3) is 0 Å². The van der Waals surface area contributed by atoms with Crippen molar-refractivity contribution in [1.82, 2.24) is 0 Å². The summed E-state index contributed by atoms with van der Waals surface area (Å²) in [6.45, 7) is 2.62. The van der Waals surface area contributed by atoms with Crippen LogP contribution >= 0.6 is 0 Å². The summed E-state index contributed by atoms with van der Waals surface area (Å²) >= 11 is 0. The summed E-state index contributed by atoms with van der Waals surface area (Å²) in [5, 5.41) is 0. The van der Waals surface area contributed by atoms with Crippen LogP contribution in [0, 0.1) is 0 Å². The van der Waals surface area contributed by atoms with Crippen molar-refractivity contribution >= 4 is 6.08 Å². The fraction of sp³-hybridized carbons (Fsp3) is 0.562. The molecular formula is C16H18FNO3. The molecule has 0 bridgehead atoms. The first kappa shape index (κ1) is 14.1. The van der Waals surface area contributed by atoms with Crippen LogP contribution in [0.15, 0.2) is 17.1 Å². The van der Waals surface area contributed by atoms with Crippen LogP contribution < -0.4 is 9.47 Å². The zero-order chi connectivity index (χ0) is 14.9. The number of alkyl halides is 1. The molecule has 0 radical (unpaired) electrons. The number of hydrogen-bond donors (Lipinski definition) is 0. The van der Waals surface area contributed by atoms with Crippen LogP contribution in [0.5, 0.6) is 11.5 Å². The van der Waals surface area contributed by atoms with Gasteiger partial charge in [0.05, 0.1) is 18.8 Å². The molecule has 1 atom stereocenters. The Bertz CT molecular complexity index is 589. The molecule has 1 heterocycles. The van der Waals surface area contributed by atoms with Crippen molar-refractivity contribution < 1.29 is 18.7 Å². The molecular weight excluding hydrogens is 273 g/mol.